The van der Waals surface area contributed by atoms with Gasteiger partial charge in [-0.3, -0.25) is 0 Å². The van der Waals surface area contributed by atoms with Crippen LogP contribution < -0.4 is 5.32 Å². The first-order chi connectivity index (χ1) is 7.22. The van der Waals surface area contributed by atoms with Crippen LogP contribution in [0.25, 0.3) is 0 Å². The van der Waals surface area contributed by atoms with Gasteiger partial charge in [0.15, 0.2) is 0 Å². The van der Waals surface area contributed by atoms with Crippen molar-refractivity contribution in [1.82, 2.24) is 10.3 Å². The maximum Gasteiger partial charge on any atom is 0.150 e. The summed E-state index contributed by atoms with van der Waals surface area (Å²) in [6.07, 6.45) is 2.52. The molecule has 0 aromatic carbocycles. The largest absolute Gasteiger partial charge is 0.313 e. The minimum Gasteiger partial charge on any atom is -0.313 e. The number of aromatic nitrogens is 1. The lowest BCUT2D eigenvalue weighted by Crippen LogP contribution is -2.27. The van der Waals surface area contributed by atoms with Crippen LogP contribution in [0, 0.1) is 6.92 Å². The molecule has 0 saturated carbocycles. The van der Waals surface area contributed by atoms with Gasteiger partial charge >= 0.3 is 0 Å². The molecule has 0 aliphatic rings. The van der Waals surface area contributed by atoms with Gasteiger partial charge in [0.05, 0.1) is 0 Å². The summed E-state index contributed by atoms with van der Waals surface area (Å²) >= 11 is 3.59. The zero-order valence-corrected chi connectivity index (χ0v) is 11.4. The number of aryl methyl sites for hydroxylation is 1. The standard InChI is InChI=1S/C11H20N2S2/c1-4-5-9(2)12-6-7-14-11-13-10(3)8-15-11/h8-9,12H,4-7H2,1-3H3. The first-order valence-corrected chi connectivity index (χ1v) is 7.37. The monoisotopic (exact) mass is 244 g/mol. The van der Waals surface area contributed by atoms with Gasteiger partial charge in [-0.05, 0) is 20.3 Å². The second kappa shape index (κ2) is 7.25. The fraction of sp³-hybridized carbons (Fsp3) is 0.727. The van der Waals surface area contributed by atoms with Gasteiger partial charge in [-0.1, -0.05) is 25.1 Å². The lowest BCUT2D eigenvalue weighted by atomic mass is 10.2. The van der Waals surface area contributed by atoms with Crippen molar-refractivity contribution in [3.8, 4) is 0 Å². The number of nitrogens with zero attached hydrogens (tertiary/aromatic N) is 1. The molecule has 0 radical (unpaired) electrons. The smallest absolute Gasteiger partial charge is 0.150 e. The average Bonchev–Trinajstić information content (AvgIpc) is 2.60. The summed E-state index contributed by atoms with van der Waals surface area (Å²) in [6, 6.07) is 0.647. The van der Waals surface area contributed by atoms with Gasteiger partial charge in [0.1, 0.15) is 4.34 Å². The molecule has 0 aliphatic heterocycles. The highest BCUT2D eigenvalue weighted by Crippen LogP contribution is 2.21. The SMILES string of the molecule is CCCC(C)NCCSc1nc(C)cs1. The van der Waals surface area contributed by atoms with E-state index in [1.165, 1.54) is 17.2 Å². The molecule has 0 fully saturated rings. The number of hydrogen-bond donors (Lipinski definition) is 1. The lowest BCUT2D eigenvalue weighted by molar-refractivity contribution is 0.526. The van der Waals surface area contributed by atoms with Crippen LogP contribution in [0.15, 0.2) is 9.72 Å². The highest BCUT2D eigenvalue weighted by Gasteiger charge is 2.01. The van der Waals surface area contributed by atoms with Gasteiger partial charge in [-0.25, -0.2) is 4.98 Å². The van der Waals surface area contributed by atoms with Gasteiger partial charge in [0.25, 0.3) is 0 Å². The van der Waals surface area contributed by atoms with E-state index in [9.17, 15) is 0 Å². The molecule has 0 spiro atoms. The minimum atomic E-state index is 0.647. The van der Waals surface area contributed by atoms with E-state index in [0.717, 1.165) is 18.0 Å². The molecule has 1 N–H and O–H groups in total. The number of hydrogen-bond acceptors (Lipinski definition) is 4. The summed E-state index contributed by atoms with van der Waals surface area (Å²) in [5.74, 6) is 1.11. The number of thiazole rings is 1. The molecule has 2 nitrogen and oxygen atoms in total. The van der Waals surface area contributed by atoms with E-state index < -0.39 is 0 Å². The second-order valence-corrected chi connectivity index (χ2v) is 5.95. The van der Waals surface area contributed by atoms with Crippen molar-refractivity contribution in [2.75, 3.05) is 12.3 Å². The third-order valence-corrected chi connectivity index (χ3v) is 4.28. The summed E-state index contributed by atoms with van der Waals surface area (Å²) in [4.78, 5) is 4.42. The predicted molar refractivity (Wildman–Crippen MR) is 69.9 cm³/mol. The highest BCUT2D eigenvalue weighted by atomic mass is 32.2. The normalized spacial score (nSPS) is 13.0. The summed E-state index contributed by atoms with van der Waals surface area (Å²) in [6.45, 7) is 7.60. The lowest BCUT2D eigenvalue weighted by Gasteiger charge is -2.11. The maximum atomic E-state index is 4.42. The summed E-state index contributed by atoms with van der Waals surface area (Å²) in [7, 11) is 0. The molecular formula is C11H20N2S2. The number of rotatable bonds is 7. The number of thioether (sulfide) groups is 1. The summed E-state index contributed by atoms with van der Waals surface area (Å²) < 4.78 is 1.19. The molecular weight excluding hydrogens is 224 g/mol. The Labute approximate surface area is 101 Å². The fourth-order valence-electron chi connectivity index (χ4n) is 1.38. The van der Waals surface area contributed by atoms with Crippen LogP contribution in [0.3, 0.4) is 0 Å². The zero-order chi connectivity index (χ0) is 11.1. The molecule has 0 saturated heterocycles. The van der Waals surface area contributed by atoms with Crippen LogP contribution >= 0.6 is 23.1 Å². The van der Waals surface area contributed by atoms with Crippen LogP contribution in [-0.2, 0) is 0 Å². The Kier molecular flexibility index (Phi) is 6.29. The Morgan fingerprint density at radius 1 is 1.60 bits per heavy atom. The first kappa shape index (κ1) is 13.0. The Morgan fingerprint density at radius 2 is 2.40 bits per heavy atom. The Balaban J connectivity index is 2.06. The quantitative estimate of drug-likeness (QED) is 0.588. The van der Waals surface area contributed by atoms with Crippen molar-refractivity contribution in [3.63, 3.8) is 0 Å². The molecule has 1 unspecified atom stereocenters. The fourth-order valence-corrected chi connectivity index (χ4v) is 3.17. The predicted octanol–water partition coefficient (Wildman–Crippen LogP) is 3.32. The molecule has 15 heavy (non-hydrogen) atoms. The first-order valence-electron chi connectivity index (χ1n) is 5.50. The van der Waals surface area contributed by atoms with E-state index in [2.05, 4.69) is 29.5 Å². The molecule has 1 rings (SSSR count). The Morgan fingerprint density at radius 3 is 3.00 bits per heavy atom. The van der Waals surface area contributed by atoms with Crippen molar-refractivity contribution in [2.45, 2.75) is 44.0 Å². The molecule has 0 amide bonds. The van der Waals surface area contributed by atoms with Gasteiger partial charge < -0.3 is 5.32 Å². The van der Waals surface area contributed by atoms with Crippen LogP contribution in [0.2, 0.25) is 0 Å². The molecule has 1 aromatic heterocycles. The molecule has 1 heterocycles. The zero-order valence-electron chi connectivity index (χ0n) is 9.75. The van der Waals surface area contributed by atoms with Crippen LogP contribution in [0.5, 0.6) is 0 Å². The third-order valence-electron chi connectivity index (χ3n) is 2.14. The molecule has 1 aromatic rings. The van der Waals surface area contributed by atoms with Crippen molar-refractivity contribution in [1.29, 1.82) is 0 Å². The molecule has 1 atom stereocenters. The molecule has 4 heteroatoms. The summed E-state index contributed by atoms with van der Waals surface area (Å²) in [5, 5.41) is 5.62. The van der Waals surface area contributed by atoms with Crippen LogP contribution in [0.1, 0.15) is 32.4 Å². The summed E-state index contributed by atoms with van der Waals surface area (Å²) in [5.41, 5.74) is 1.13. The average molecular weight is 244 g/mol. The van der Waals surface area contributed by atoms with Crippen LogP contribution in [-0.4, -0.2) is 23.3 Å². The molecule has 0 aliphatic carbocycles. The van der Waals surface area contributed by atoms with E-state index in [1.807, 2.05) is 18.7 Å². The number of nitrogens with one attached hydrogen (secondary N) is 1. The second-order valence-electron chi connectivity index (χ2n) is 3.75. The van der Waals surface area contributed by atoms with Crippen molar-refractivity contribution in [3.05, 3.63) is 11.1 Å². The van der Waals surface area contributed by atoms with E-state index in [1.54, 1.807) is 11.3 Å². The van der Waals surface area contributed by atoms with Gasteiger partial charge in [-0.2, -0.15) is 0 Å². The maximum absolute atomic E-state index is 4.42. The van der Waals surface area contributed by atoms with E-state index in [0.29, 0.717) is 6.04 Å². The van der Waals surface area contributed by atoms with Gasteiger partial charge in [0.2, 0.25) is 0 Å². The third kappa shape index (κ3) is 5.54. The topological polar surface area (TPSA) is 24.9 Å². The van der Waals surface area contributed by atoms with Crippen molar-refractivity contribution in [2.24, 2.45) is 0 Å². The van der Waals surface area contributed by atoms with E-state index in [4.69, 9.17) is 0 Å². The minimum absolute atomic E-state index is 0.647. The van der Waals surface area contributed by atoms with Crippen molar-refractivity contribution < 1.29 is 0 Å². The van der Waals surface area contributed by atoms with Crippen molar-refractivity contribution >= 4 is 23.1 Å². The van der Waals surface area contributed by atoms with Gasteiger partial charge in [-0.15, -0.1) is 11.3 Å². The van der Waals surface area contributed by atoms with E-state index >= 15 is 0 Å². The Hall–Kier alpha value is -0.0600. The Bertz CT molecular complexity index is 273. The highest BCUT2D eigenvalue weighted by molar-refractivity contribution is 8.01. The molecule has 0 bridgehead atoms. The molecule has 86 valence electrons. The van der Waals surface area contributed by atoms with Gasteiger partial charge in [0, 0.05) is 29.4 Å². The van der Waals surface area contributed by atoms with Crippen LogP contribution in [0.4, 0.5) is 0 Å². The van der Waals surface area contributed by atoms with E-state index in [-0.39, 0.29) is 0 Å².